The maximum atomic E-state index is 13.4. The molecule has 3 rings (SSSR count). The third-order valence-corrected chi connectivity index (χ3v) is 4.02. The van der Waals surface area contributed by atoms with Gasteiger partial charge in [-0.1, -0.05) is 15.9 Å². The molecule has 1 amide bonds. The summed E-state index contributed by atoms with van der Waals surface area (Å²) in [5.41, 5.74) is 0.605. The van der Waals surface area contributed by atoms with Gasteiger partial charge in [0.2, 0.25) is 0 Å². The van der Waals surface area contributed by atoms with Crippen LogP contribution in [0.4, 0.5) is 4.39 Å². The van der Waals surface area contributed by atoms with Gasteiger partial charge < -0.3 is 14.4 Å². The van der Waals surface area contributed by atoms with Gasteiger partial charge in [0.15, 0.2) is 5.76 Å². The Hall–Kier alpha value is -1.40. The van der Waals surface area contributed by atoms with Crippen molar-refractivity contribution in [1.82, 2.24) is 4.90 Å². The third kappa shape index (κ3) is 2.33. The average molecular weight is 342 g/mol. The van der Waals surface area contributed by atoms with Gasteiger partial charge in [0.1, 0.15) is 11.8 Å². The van der Waals surface area contributed by atoms with E-state index in [1.54, 1.807) is 12.1 Å². The predicted molar refractivity (Wildman–Crippen MR) is 75.3 cm³/mol. The Labute approximate surface area is 123 Å². The first kappa shape index (κ1) is 13.6. The molecule has 0 radical (unpaired) electrons. The first-order valence-electron chi connectivity index (χ1n) is 6.33. The van der Waals surface area contributed by atoms with E-state index in [0.29, 0.717) is 5.58 Å². The van der Waals surface area contributed by atoms with Crippen LogP contribution in [0.25, 0.3) is 11.0 Å². The molecule has 0 unspecified atom stereocenters. The number of fused-ring (bicyclic) bond motifs is 1. The van der Waals surface area contributed by atoms with Gasteiger partial charge in [-0.3, -0.25) is 4.79 Å². The molecule has 4 nitrogen and oxygen atoms in total. The van der Waals surface area contributed by atoms with Gasteiger partial charge in [0.25, 0.3) is 5.91 Å². The van der Waals surface area contributed by atoms with Crippen molar-refractivity contribution in [3.8, 4) is 0 Å². The Morgan fingerprint density at radius 2 is 2.30 bits per heavy atom. The second-order valence-electron chi connectivity index (χ2n) is 4.92. The van der Waals surface area contributed by atoms with E-state index in [1.807, 2.05) is 12.1 Å². The van der Waals surface area contributed by atoms with E-state index in [1.165, 1.54) is 4.90 Å². The van der Waals surface area contributed by atoms with E-state index in [4.69, 9.17) is 4.42 Å². The molecule has 106 valence electrons. The first-order valence-corrected chi connectivity index (χ1v) is 7.13. The fourth-order valence-corrected chi connectivity index (χ4v) is 2.92. The molecule has 0 spiro atoms. The molecule has 2 heterocycles. The quantitative estimate of drug-likeness (QED) is 0.913. The number of nitrogens with zero attached hydrogens (tertiary/aromatic N) is 1. The molecule has 6 heteroatoms. The molecule has 1 aliphatic rings. The molecular formula is C14H13BrFNO3. The van der Waals surface area contributed by atoms with Crippen LogP contribution in [0.1, 0.15) is 17.0 Å². The highest BCUT2D eigenvalue weighted by molar-refractivity contribution is 9.10. The summed E-state index contributed by atoms with van der Waals surface area (Å²) in [6.45, 7) is -0.233. The standard InChI is InChI=1S/C14H13BrFNO3/c15-9-1-2-12-8(3-9)4-13(20-12)14(19)17-6-10(16)5-11(17)7-18/h1-4,10-11,18H,5-7H2/t10-,11-/m0/s1. The Morgan fingerprint density at radius 1 is 1.50 bits per heavy atom. The minimum Gasteiger partial charge on any atom is -0.451 e. The number of halogens is 2. The van der Waals surface area contributed by atoms with Gasteiger partial charge in [0, 0.05) is 16.3 Å². The lowest BCUT2D eigenvalue weighted by Crippen LogP contribution is -2.37. The third-order valence-electron chi connectivity index (χ3n) is 3.52. The number of furan rings is 1. The maximum Gasteiger partial charge on any atom is 0.290 e. The van der Waals surface area contributed by atoms with Crippen molar-refractivity contribution in [3.63, 3.8) is 0 Å². The minimum atomic E-state index is -1.09. The van der Waals surface area contributed by atoms with E-state index in [-0.39, 0.29) is 31.2 Å². The summed E-state index contributed by atoms with van der Waals surface area (Å²) in [5.74, 6) is -0.206. The van der Waals surface area contributed by atoms with Gasteiger partial charge in [-0.2, -0.15) is 0 Å². The summed E-state index contributed by atoms with van der Waals surface area (Å²) in [4.78, 5) is 13.7. The van der Waals surface area contributed by atoms with Crippen LogP contribution in [0.3, 0.4) is 0 Å². The molecule has 1 aromatic heterocycles. The van der Waals surface area contributed by atoms with Gasteiger partial charge in [-0.05, 0) is 24.3 Å². The van der Waals surface area contributed by atoms with Gasteiger partial charge in [-0.25, -0.2) is 4.39 Å². The molecule has 20 heavy (non-hydrogen) atoms. The van der Waals surface area contributed by atoms with Crippen molar-refractivity contribution in [2.45, 2.75) is 18.6 Å². The summed E-state index contributed by atoms with van der Waals surface area (Å²) in [6.07, 6.45) is -0.914. The molecule has 0 bridgehead atoms. The van der Waals surface area contributed by atoms with Crippen LogP contribution >= 0.6 is 15.9 Å². The SMILES string of the molecule is O=C(c1cc2cc(Br)ccc2o1)N1C[C@@H](F)C[C@H]1CO. The molecule has 0 aliphatic carbocycles. The van der Waals surface area contributed by atoms with E-state index in [0.717, 1.165) is 9.86 Å². The van der Waals surface area contributed by atoms with Crippen LogP contribution in [0.15, 0.2) is 33.2 Å². The molecule has 1 saturated heterocycles. The molecular weight excluding hydrogens is 329 g/mol. The Morgan fingerprint density at radius 3 is 3.05 bits per heavy atom. The molecule has 1 N–H and O–H groups in total. The van der Waals surface area contributed by atoms with E-state index >= 15 is 0 Å². The van der Waals surface area contributed by atoms with Gasteiger partial charge in [-0.15, -0.1) is 0 Å². The highest BCUT2D eigenvalue weighted by Gasteiger charge is 2.36. The molecule has 0 saturated carbocycles. The topological polar surface area (TPSA) is 53.7 Å². The van der Waals surface area contributed by atoms with Crippen LogP contribution in [0.5, 0.6) is 0 Å². The first-order chi connectivity index (χ1) is 9.58. The zero-order valence-electron chi connectivity index (χ0n) is 10.6. The summed E-state index contributed by atoms with van der Waals surface area (Å²) < 4.78 is 19.8. The predicted octanol–water partition coefficient (Wildman–Crippen LogP) is 2.74. The summed E-state index contributed by atoms with van der Waals surface area (Å²) in [6, 6.07) is 6.60. The summed E-state index contributed by atoms with van der Waals surface area (Å²) >= 11 is 3.35. The Kier molecular flexibility index (Phi) is 3.52. The van der Waals surface area contributed by atoms with E-state index < -0.39 is 12.2 Å². The minimum absolute atomic E-state index is 0.00476. The van der Waals surface area contributed by atoms with Crippen LogP contribution in [-0.4, -0.2) is 41.3 Å². The van der Waals surface area contributed by atoms with Crippen molar-refractivity contribution in [2.24, 2.45) is 0 Å². The number of hydrogen-bond donors (Lipinski definition) is 1. The monoisotopic (exact) mass is 341 g/mol. The van der Waals surface area contributed by atoms with Crippen molar-refractivity contribution in [2.75, 3.05) is 13.2 Å². The van der Waals surface area contributed by atoms with Crippen molar-refractivity contribution in [3.05, 3.63) is 34.5 Å². The van der Waals surface area contributed by atoms with Gasteiger partial charge >= 0.3 is 0 Å². The average Bonchev–Trinajstić information content (AvgIpc) is 3.00. The van der Waals surface area contributed by atoms with Gasteiger partial charge in [0.05, 0.1) is 19.2 Å². The lowest BCUT2D eigenvalue weighted by molar-refractivity contribution is 0.0643. The van der Waals surface area contributed by atoms with Crippen molar-refractivity contribution in [1.29, 1.82) is 0 Å². The number of aliphatic hydroxyl groups is 1. The number of likely N-dealkylation sites (tertiary alicyclic amines) is 1. The fraction of sp³-hybridized carbons (Fsp3) is 0.357. The Bertz CT molecular complexity index is 657. The highest BCUT2D eigenvalue weighted by Crippen LogP contribution is 2.27. The number of carbonyl (C=O) groups excluding carboxylic acids is 1. The van der Waals surface area contributed by atoms with Crippen molar-refractivity contribution >= 4 is 32.8 Å². The molecule has 1 aromatic carbocycles. The second-order valence-corrected chi connectivity index (χ2v) is 5.84. The van der Waals surface area contributed by atoms with Crippen LogP contribution < -0.4 is 0 Å². The maximum absolute atomic E-state index is 13.4. The highest BCUT2D eigenvalue weighted by atomic mass is 79.9. The lowest BCUT2D eigenvalue weighted by atomic mass is 10.2. The zero-order chi connectivity index (χ0) is 14.3. The van der Waals surface area contributed by atoms with E-state index in [2.05, 4.69) is 15.9 Å². The van der Waals surface area contributed by atoms with E-state index in [9.17, 15) is 14.3 Å². The number of alkyl halides is 1. The lowest BCUT2D eigenvalue weighted by Gasteiger charge is -2.21. The number of aliphatic hydroxyl groups excluding tert-OH is 1. The van der Waals surface area contributed by atoms with Crippen LogP contribution in [-0.2, 0) is 0 Å². The zero-order valence-corrected chi connectivity index (χ0v) is 12.1. The largest absolute Gasteiger partial charge is 0.451 e. The number of benzene rings is 1. The van der Waals surface area contributed by atoms with Crippen molar-refractivity contribution < 1.29 is 18.7 Å². The van der Waals surface area contributed by atoms with Crippen LogP contribution in [0.2, 0.25) is 0 Å². The summed E-state index contributed by atoms with van der Waals surface area (Å²) in [5, 5.41) is 10.0. The number of amides is 1. The smallest absolute Gasteiger partial charge is 0.290 e. The molecule has 2 atom stereocenters. The molecule has 2 aromatic rings. The normalized spacial score (nSPS) is 22.6. The fourth-order valence-electron chi connectivity index (χ4n) is 2.54. The second kappa shape index (κ2) is 5.18. The number of hydrogen-bond acceptors (Lipinski definition) is 3. The molecule has 1 fully saturated rings. The number of rotatable bonds is 2. The Balaban J connectivity index is 1.92. The van der Waals surface area contributed by atoms with Crippen LogP contribution in [0, 0.1) is 0 Å². The molecule has 1 aliphatic heterocycles. The summed E-state index contributed by atoms with van der Waals surface area (Å²) in [7, 11) is 0. The number of carbonyl (C=O) groups is 1.